The minimum atomic E-state index is 0. The van der Waals surface area contributed by atoms with Crippen LogP contribution in [0.1, 0.15) is 63.1 Å². The van der Waals surface area contributed by atoms with Crippen molar-refractivity contribution in [2.24, 2.45) is 0 Å². The SMILES string of the molecule is CCC1(CC)c2ccccc2-c2ccc(-c3cccc(C(C)C)c3O)cc21.[CH3-].[CH3-].[CH3-].[Ti+3]. The number of hydrogen-bond donors (Lipinski definition) is 1. The van der Waals surface area contributed by atoms with Gasteiger partial charge in [0.2, 0.25) is 0 Å². The van der Waals surface area contributed by atoms with Gasteiger partial charge in [0.1, 0.15) is 5.75 Å². The van der Waals surface area contributed by atoms with Crippen LogP contribution in [0.2, 0.25) is 0 Å². The summed E-state index contributed by atoms with van der Waals surface area (Å²) in [4.78, 5) is 0. The van der Waals surface area contributed by atoms with Gasteiger partial charge in [-0.25, -0.2) is 0 Å². The second kappa shape index (κ2) is 11.2. The van der Waals surface area contributed by atoms with E-state index in [1.807, 2.05) is 12.1 Å². The largest absolute Gasteiger partial charge is 3.00 e. The van der Waals surface area contributed by atoms with Crippen LogP contribution in [0.4, 0.5) is 0 Å². The quantitative estimate of drug-likeness (QED) is 0.312. The van der Waals surface area contributed by atoms with Gasteiger partial charge in [-0.3, -0.25) is 0 Å². The van der Waals surface area contributed by atoms with Crippen LogP contribution in [-0.4, -0.2) is 5.11 Å². The molecule has 1 aliphatic rings. The molecule has 0 fully saturated rings. The van der Waals surface area contributed by atoms with Crippen molar-refractivity contribution in [2.75, 3.05) is 0 Å². The van der Waals surface area contributed by atoms with Gasteiger partial charge in [-0.15, -0.1) is 0 Å². The number of hydrogen-bond acceptors (Lipinski definition) is 1. The van der Waals surface area contributed by atoms with Crippen molar-refractivity contribution in [3.8, 4) is 28.0 Å². The van der Waals surface area contributed by atoms with Gasteiger partial charge in [0, 0.05) is 11.0 Å². The van der Waals surface area contributed by atoms with Crippen molar-refractivity contribution >= 4 is 0 Å². The molecule has 31 heavy (non-hydrogen) atoms. The molecule has 0 bridgehead atoms. The third-order valence-corrected chi connectivity index (χ3v) is 6.48. The number of phenolic OH excluding ortho intramolecular Hbond substituents is 1. The van der Waals surface area contributed by atoms with E-state index in [2.05, 4.69) is 76.2 Å². The molecule has 0 heterocycles. The molecule has 0 amide bonds. The van der Waals surface area contributed by atoms with Gasteiger partial charge >= 0.3 is 21.7 Å². The summed E-state index contributed by atoms with van der Waals surface area (Å²) in [5.41, 5.74) is 8.67. The molecule has 4 rings (SSSR count). The number of rotatable bonds is 4. The van der Waals surface area contributed by atoms with Crippen molar-refractivity contribution in [3.05, 3.63) is 99.6 Å². The van der Waals surface area contributed by atoms with E-state index >= 15 is 0 Å². The number of aromatic hydroxyl groups is 1. The third kappa shape index (κ3) is 4.41. The Labute approximate surface area is 205 Å². The summed E-state index contributed by atoms with van der Waals surface area (Å²) in [6.45, 7) is 8.83. The van der Waals surface area contributed by atoms with Crippen LogP contribution in [0.25, 0.3) is 22.3 Å². The van der Waals surface area contributed by atoms with Gasteiger partial charge in [-0.05, 0) is 58.2 Å². The number of benzene rings is 3. The summed E-state index contributed by atoms with van der Waals surface area (Å²) in [5.74, 6) is 0.718. The van der Waals surface area contributed by atoms with E-state index in [-0.39, 0.29) is 49.4 Å². The van der Waals surface area contributed by atoms with Gasteiger partial charge in [0.25, 0.3) is 0 Å². The fourth-order valence-electron chi connectivity index (χ4n) is 4.89. The maximum atomic E-state index is 10.9. The zero-order valence-corrected chi connectivity index (χ0v) is 21.8. The van der Waals surface area contributed by atoms with E-state index in [0.29, 0.717) is 11.7 Å². The topological polar surface area (TPSA) is 20.2 Å². The van der Waals surface area contributed by atoms with E-state index in [1.54, 1.807) is 0 Å². The van der Waals surface area contributed by atoms with Gasteiger partial charge in [-0.1, -0.05) is 82.3 Å². The molecule has 2 heteroatoms. The van der Waals surface area contributed by atoms with Crippen LogP contribution < -0.4 is 0 Å². The van der Waals surface area contributed by atoms with Crippen molar-refractivity contribution in [1.82, 2.24) is 0 Å². The Balaban J connectivity index is 0.00000225. The molecule has 1 radical (unpaired) electrons. The summed E-state index contributed by atoms with van der Waals surface area (Å²) in [6.07, 6.45) is 2.16. The Morgan fingerprint density at radius 2 is 1.32 bits per heavy atom. The molecule has 1 aliphatic carbocycles. The van der Waals surface area contributed by atoms with E-state index in [0.717, 1.165) is 29.5 Å². The Bertz CT molecular complexity index is 999. The molecule has 3 aromatic carbocycles. The van der Waals surface area contributed by atoms with E-state index < -0.39 is 0 Å². The fourth-order valence-corrected chi connectivity index (χ4v) is 4.89. The summed E-state index contributed by atoms with van der Waals surface area (Å²) in [5, 5.41) is 10.9. The number of fused-ring (bicyclic) bond motifs is 3. The van der Waals surface area contributed by atoms with E-state index in [9.17, 15) is 5.11 Å². The molecule has 0 saturated heterocycles. The van der Waals surface area contributed by atoms with Crippen LogP contribution in [0.3, 0.4) is 0 Å². The van der Waals surface area contributed by atoms with E-state index in [4.69, 9.17) is 0 Å². The first-order valence-corrected chi connectivity index (χ1v) is 10.1. The molecule has 163 valence electrons. The summed E-state index contributed by atoms with van der Waals surface area (Å²) in [7, 11) is 0. The van der Waals surface area contributed by atoms with Gasteiger partial charge in [-0.2, -0.15) is 0 Å². The molecule has 3 aromatic rings. The fraction of sp³-hybridized carbons (Fsp3) is 0.276. The molecule has 0 atom stereocenters. The maximum Gasteiger partial charge on any atom is 3.00 e. The molecule has 0 aromatic heterocycles. The zero-order chi connectivity index (χ0) is 19.2. The number of para-hydroxylation sites is 1. The maximum absolute atomic E-state index is 10.9. The van der Waals surface area contributed by atoms with Gasteiger partial charge in [0.15, 0.2) is 0 Å². The van der Waals surface area contributed by atoms with Crippen LogP contribution in [0, 0.1) is 22.3 Å². The molecule has 0 unspecified atom stereocenters. The van der Waals surface area contributed by atoms with Crippen LogP contribution in [0.5, 0.6) is 5.75 Å². The van der Waals surface area contributed by atoms with Crippen molar-refractivity contribution < 1.29 is 26.8 Å². The second-order valence-electron chi connectivity index (χ2n) is 7.99. The first-order chi connectivity index (χ1) is 13.0. The summed E-state index contributed by atoms with van der Waals surface area (Å²) in [6, 6.07) is 21.7. The normalized spacial score (nSPS) is 12.4. The molecule has 1 nitrogen and oxygen atoms in total. The summed E-state index contributed by atoms with van der Waals surface area (Å²) < 4.78 is 0. The monoisotopic (exact) mass is 449 g/mol. The average molecular weight is 449 g/mol. The first kappa shape index (κ1) is 29.2. The van der Waals surface area contributed by atoms with Crippen molar-refractivity contribution in [2.45, 2.75) is 51.9 Å². The van der Waals surface area contributed by atoms with Gasteiger partial charge in [0.05, 0.1) is 0 Å². The van der Waals surface area contributed by atoms with Gasteiger partial charge < -0.3 is 27.4 Å². The third-order valence-electron chi connectivity index (χ3n) is 6.48. The molecule has 0 spiro atoms. The molecular weight excluding hydrogens is 412 g/mol. The Kier molecular flexibility index (Phi) is 10.5. The minimum absolute atomic E-state index is 0. The van der Waals surface area contributed by atoms with Crippen molar-refractivity contribution in [3.63, 3.8) is 0 Å². The molecular formula is C29H37OTi. The number of phenols is 1. The van der Waals surface area contributed by atoms with Crippen LogP contribution in [0.15, 0.2) is 60.7 Å². The van der Waals surface area contributed by atoms with Crippen LogP contribution >= 0.6 is 0 Å². The summed E-state index contributed by atoms with van der Waals surface area (Å²) >= 11 is 0. The second-order valence-corrected chi connectivity index (χ2v) is 7.99. The Morgan fingerprint density at radius 3 is 1.94 bits per heavy atom. The zero-order valence-electron chi connectivity index (χ0n) is 20.2. The average Bonchev–Trinajstić information content (AvgIpc) is 2.97. The molecule has 0 aliphatic heterocycles. The predicted molar refractivity (Wildman–Crippen MR) is 134 cm³/mol. The molecule has 1 N–H and O–H groups in total. The smallest absolute Gasteiger partial charge is 0.507 e. The molecule has 0 saturated carbocycles. The minimum Gasteiger partial charge on any atom is -0.507 e. The first-order valence-electron chi connectivity index (χ1n) is 10.1. The Morgan fingerprint density at radius 1 is 0.742 bits per heavy atom. The Hall–Kier alpha value is -1.83. The van der Waals surface area contributed by atoms with E-state index in [1.165, 1.54) is 22.3 Å². The standard InChI is InChI=1S/C26H28O.3CH3.Ti/c1-5-26(6-2)23-13-8-7-10-21(23)22-15-14-18(16-24(22)26)20-12-9-11-19(17(3)4)25(20)27;;;;/h7-17,27H,5-6H2,1-4H3;3*1H3;/q;3*-1;+3. The predicted octanol–water partition coefficient (Wildman–Crippen LogP) is 8.62. The van der Waals surface area contributed by atoms with Crippen LogP contribution in [-0.2, 0) is 27.1 Å². The van der Waals surface area contributed by atoms with Crippen molar-refractivity contribution in [1.29, 1.82) is 0 Å².